The molecule has 1 aromatic heterocycles. The average Bonchev–Trinajstić information content (AvgIpc) is 3.23. The lowest BCUT2D eigenvalue weighted by molar-refractivity contribution is -0.141. The SMILES string of the molecule is CCN1CCC(CCN(Cc2ccccc2Cl)C(=O)c2cc(C(F)(F)F)n[nH]2)CC1. The van der Waals surface area contributed by atoms with Gasteiger partial charge in [0, 0.05) is 24.2 Å². The third kappa shape index (κ3) is 5.76. The predicted molar refractivity (Wildman–Crippen MR) is 109 cm³/mol. The number of rotatable bonds is 7. The second kappa shape index (κ2) is 9.83. The van der Waals surface area contributed by atoms with E-state index in [1.807, 2.05) is 12.1 Å². The minimum absolute atomic E-state index is 0.171. The van der Waals surface area contributed by atoms with Gasteiger partial charge in [0.05, 0.1) is 0 Å². The molecule has 0 spiro atoms. The number of likely N-dealkylation sites (tertiary alicyclic amines) is 1. The highest BCUT2D eigenvalue weighted by atomic mass is 35.5. The Bertz CT molecular complexity index is 847. The predicted octanol–water partition coefficient (Wildman–Crippen LogP) is 4.85. The summed E-state index contributed by atoms with van der Waals surface area (Å²) in [6.07, 6.45) is -1.68. The molecule has 0 bridgehead atoms. The maximum Gasteiger partial charge on any atom is 0.435 e. The van der Waals surface area contributed by atoms with Crippen molar-refractivity contribution in [3.8, 4) is 0 Å². The van der Waals surface area contributed by atoms with Crippen LogP contribution in [0.25, 0.3) is 0 Å². The summed E-state index contributed by atoms with van der Waals surface area (Å²) in [5.74, 6) is -0.0224. The van der Waals surface area contributed by atoms with Crippen LogP contribution in [0, 0.1) is 5.92 Å². The number of benzene rings is 1. The Morgan fingerprint density at radius 3 is 2.60 bits per heavy atom. The van der Waals surface area contributed by atoms with E-state index < -0.39 is 17.8 Å². The van der Waals surface area contributed by atoms with Gasteiger partial charge in [0.15, 0.2) is 5.69 Å². The summed E-state index contributed by atoms with van der Waals surface area (Å²) in [5.41, 5.74) is -0.519. The van der Waals surface area contributed by atoms with Crippen LogP contribution in [-0.2, 0) is 12.7 Å². The van der Waals surface area contributed by atoms with Gasteiger partial charge in [-0.1, -0.05) is 36.7 Å². The number of hydrogen-bond acceptors (Lipinski definition) is 3. The summed E-state index contributed by atoms with van der Waals surface area (Å²) < 4.78 is 38.7. The highest BCUT2D eigenvalue weighted by Gasteiger charge is 2.35. The molecule has 1 amide bonds. The van der Waals surface area contributed by atoms with Gasteiger partial charge in [0.1, 0.15) is 5.69 Å². The van der Waals surface area contributed by atoms with E-state index in [4.69, 9.17) is 11.6 Å². The van der Waals surface area contributed by atoms with Crippen molar-refractivity contribution in [3.63, 3.8) is 0 Å². The zero-order valence-corrected chi connectivity index (χ0v) is 17.6. The van der Waals surface area contributed by atoms with E-state index in [-0.39, 0.29) is 12.2 Å². The van der Waals surface area contributed by atoms with Crippen molar-refractivity contribution >= 4 is 17.5 Å². The molecule has 0 atom stereocenters. The smallest absolute Gasteiger partial charge is 0.333 e. The van der Waals surface area contributed by atoms with Crippen molar-refractivity contribution in [2.45, 2.75) is 38.9 Å². The Morgan fingerprint density at radius 2 is 2.00 bits per heavy atom. The number of carbonyl (C=O) groups is 1. The number of halogens is 4. The largest absolute Gasteiger partial charge is 0.435 e. The molecule has 1 N–H and O–H groups in total. The summed E-state index contributed by atoms with van der Waals surface area (Å²) in [7, 11) is 0. The van der Waals surface area contributed by atoms with Crippen molar-refractivity contribution < 1.29 is 18.0 Å². The third-order valence-electron chi connectivity index (χ3n) is 5.67. The van der Waals surface area contributed by atoms with Crippen LogP contribution >= 0.6 is 11.6 Å². The summed E-state index contributed by atoms with van der Waals surface area (Å²) >= 11 is 6.25. The van der Waals surface area contributed by atoms with E-state index >= 15 is 0 Å². The van der Waals surface area contributed by atoms with Gasteiger partial charge in [0.2, 0.25) is 0 Å². The molecule has 2 heterocycles. The molecule has 1 fully saturated rings. The van der Waals surface area contributed by atoms with Gasteiger partial charge in [-0.05, 0) is 56.4 Å². The number of alkyl halides is 3. The third-order valence-corrected chi connectivity index (χ3v) is 6.04. The van der Waals surface area contributed by atoms with Crippen LogP contribution in [0.1, 0.15) is 47.9 Å². The molecule has 30 heavy (non-hydrogen) atoms. The number of aromatic nitrogens is 2. The molecule has 1 aliphatic rings. The zero-order chi connectivity index (χ0) is 21.7. The molecule has 9 heteroatoms. The molecule has 1 aromatic carbocycles. The van der Waals surface area contributed by atoms with Crippen LogP contribution < -0.4 is 0 Å². The van der Waals surface area contributed by atoms with Crippen LogP contribution in [-0.4, -0.2) is 52.1 Å². The summed E-state index contributed by atoms with van der Waals surface area (Å²) in [5, 5.41) is 6.02. The molecule has 3 rings (SSSR count). The van der Waals surface area contributed by atoms with Crippen LogP contribution in [0.4, 0.5) is 13.2 Å². The standard InChI is InChI=1S/C21H26ClF3N4O/c1-2-28-10-7-15(8-11-28)9-12-29(14-16-5-3-4-6-17(16)22)20(30)18-13-19(27-26-18)21(23,24)25/h3-6,13,15H,2,7-12,14H2,1H3,(H,26,27). The monoisotopic (exact) mass is 442 g/mol. The minimum atomic E-state index is -4.60. The fraction of sp³-hybridized carbons (Fsp3) is 0.524. The van der Waals surface area contributed by atoms with E-state index in [9.17, 15) is 18.0 Å². The first-order chi connectivity index (χ1) is 14.3. The molecule has 1 saturated heterocycles. The van der Waals surface area contributed by atoms with Crippen molar-refractivity contribution in [2.75, 3.05) is 26.2 Å². The van der Waals surface area contributed by atoms with Crippen LogP contribution in [0.5, 0.6) is 0 Å². The molecule has 0 unspecified atom stereocenters. The Balaban J connectivity index is 1.73. The number of H-pyrrole nitrogens is 1. The Labute approximate surface area is 179 Å². The highest BCUT2D eigenvalue weighted by Crippen LogP contribution is 2.28. The topological polar surface area (TPSA) is 52.2 Å². The van der Waals surface area contributed by atoms with Crippen molar-refractivity contribution in [1.29, 1.82) is 0 Å². The van der Waals surface area contributed by atoms with E-state index in [0.717, 1.165) is 50.5 Å². The number of nitrogens with zero attached hydrogens (tertiary/aromatic N) is 3. The van der Waals surface area contributed by atoms with Crippen molar-refractivity contribution in [2.24, 2.45) is 5.92 Å². The first-order valence-corrected chi connectivity index (χ1v) is 10.5. The van der Waals surface area contributed by atoms with E-state index in [1.54, 1.807) is 17.0 Å². The quantitative estimate of drug-likeness (QED) is 0.667. The molecule has 164 valence electrons. The second-order valence-corrected chi connectivity index (χ2v) is 8.06. The molecule has 2 aromatic rings. The molecule has 0 radical (unpaired) electrons. The fourth-order valence-corrected chi connectivity index (χ4v) is 3.96. The zero-order valence-electron chi connectivity index (χ0n) is 16.9. The van der Waals surface area contributed by atoms with Gasteiger partial charge in [0.25, 0.3) is 5.91 Å². The van der Waals surface area contributed by atoms with Gasteiger partial charge >= 0.3 is 6.18 Å². The number of carbonyl (C=O) groups excluding carboxylic acids is 1. The Morgan fingerprint density at radius 1 is 1.30 bits per heavy atom. The van der Waals surface area contributed by atoms with Crippen molar-refractivity contribution in [3.05, 3.63) is 52.3 Å². The normalized spacial score (nSPS) is 16.0. The summed E-state index contributed by atoms with van der Waals surface area (Å²) in [6.45, 7) is 5.92. The maximum absolute atomic E-state index is 13.0. The maximum atomic E-state index is 13.0. The molecule has 1 aliphatic heterocycles. The summed E-state index contributed by atoms with van der Waals surface area (Å²) in [6, 6.07) is 7.93. The lowest BCUT2D eigenvalue weighted by Crippen LogP contribution is -2.36. The molecule has 0 saturated carbocycles. The van der Waals surface area contributed by atoms with Crippen LogP contribution in [0.3, 0.4) is 0 Å². The van der Waals surface area contributed by atoms with Crippen LogP contribution in [0.15, 0.2) is 30.3 Å². The lowest BCUT2D eigenvalue weighted by Gasteiger charge is -2.32. The first kappa shape index (κ1) is 22.6. The Hall–Kier alpha value is -2.06. The minimum Gasteiger partial charge on any atom is -0.333 e. The first-order valence-electron chi connectivity index (χ1n) is 10.2. The van der Waals surface area contributed by atoms with Crippen LogP contribution in [0.2, 0.25) is 5.02 Å². The number of amides is 1. The highest BCUT2D eigenvalue weighted by molar-refractivity contribution is 6.31. The lowest BCUT2D eigenvalue weighted by atomic mass is 9.93. The fourth-order valence-electron chi connectivity index (χ4n) is 3.76. The average molecular weight is 443 g/mol. The Kier molecular flexibility index (Phi) is 7.41. The molecule has 0 aliphatic carbocycles. The number of hydrogen-bond donors (Lipinski definition) is 1. The van der Waals surface area contributed by atoms with E-state index in [1.165, 1.54) is 0 Å². The van der Waals surface area contributed by atoms with Gasteiger partial charge in [-0.15, -0.1) is 0 Å². The van der Waals surface area contributed by atoms with E-state index in [2.05, 4.69) is 22.0 Å². The van der Waals surface area contributed by atoms with E-state index in [0.29, 0.717) is 17.5 Å². The summed E-state index contributed by atoms with van der Waals surface area (Å²) in [4.78, 5) is 17.0. The van der Waals surface area contributed by atoms with Crippen molar-refractivity contribution in [1.82, 2.24) is 20.0 Å². The number of piperidine rings is 1. The van der Waals surface area contributed by atoms with Gasteiger partial charge in [-0.3, -0.25) is 9.89 Å². The van der Waals surface area contributed by atoms with Gasteiger partial charge in [-0.25, -0.2) is 0 Å². The molecular formula is C21H26ClF3N4O. The van der Waals surface area contributed by atoms with Gasteiger partial charge in [-0.2, -0.15) is 18.3 Å². The molecular weight excluding hydrogens is 417 g/mol. The number of nitrogens with one attached hydrogen (secondary N) is 1. The second-order valence-electron chi connectivity index (χ2n) is 7.65. The number of aromatic amines is 1. The molecule has 5 nitrogen and oxygen atoms in total. The van der Waals surface area contributed by atoms with Gasteiger partial charge < -0.3 is 9.80 Å².